The monoisotopic (exact) mass is 526 g/mol. The number of halogens is 2. The molecule has 200 valence electrons. The molecule has 1 N–H and O–H groups in total. The molecule has 1 saturated carbocycles. The molecule has 38 heavy (non-hydrogen) atoms. The van der Waals surface area contributed by atoms with E-state index in [2.05, 4.69) is 21.2 Å². The fraction of sp³-hybridized carbons (Fsp3) is 0.444. The van der Waals surface area contributed by atoms with Crippen molar-refractivity contribution in [1.82, 2.24) is 14.9 Å². The summed E-state index contributed by atoms with van der Waals surface area (Å²) < 4.78 is 40.4. The van der Waals surface area contributed by atoms with Crippen molar-refractivity contribution < 1.29 is 32.6 Å². The van der Waals surface area contributed by atoms with Gasteiger partial charge in [0.25, 0.3) is 5.91 Å². The molecular formula is C27H28F2N4O5. The van der Waals surface area contributed by atoms with E-state index in [1.165, 1.54) is 12.4 Å². The number of carbonyl (C=O) groups excluding carboxylic acids is 3. The van der Waals surface area contributed by atoms with Crippen molar-refractivity contribution in [3.05, 3.63) is 36.2 Å². The van der Waals surface area contributed by atoms with Gasteiger partial charge in [0, 0.05) is 30.5 Å². The highest BCUT2D eigenvalue weighted by atomic mass is 19.3. The molecule has 0 radical (unpaired) electrons. The van der Waals surface area contributed by atoms with Gasteiger partial charge in [-0.25, -0.2) is 18.7 Å². The summed E-state index contributed by atoms with van der Waals surface area (Å²) in [4.78, 5) is 45.1. The van der Waals surface area contributed by atoms with Crippen molar-refractivity contribution in [3.8, 4) is 29.4 Å². The van der Waals surface area contributed by atoms with Crippen LogP contribution in [0.1, 0.15) is 38.7 Å². The zero-order valence-electron chi connectivity index (χ0n) is 21.1. The first kappa shape index (κ1) is 27.0. The molecule has 0 spiro atoms. The van der Waals surface area contributed by atoms with Crippen molar-refractivity contribution in [2.45, 2.75) is 45.1 Å². The number of nitrogens with zero attached hydrogens (tertiary/aromatic N) is 3. The van der Waals surface area contributed by atoms with Gasteiger partial charge in [-0.15, -0.1) is 6.42 Å². The molecule has 11 heteroatoms. The lowest BCUT2D eigenvalue weighted by Gasteiger charge is -2.38. The standard InChI is InChI=1S/C27H28F2N4O5/c1-4-17-11-19(20-12-23(31-15-30-20)32-25(35)18-5-6-18)7-8-21(17)38-22-9-10-33(14-27(22,28)29)24(34)13-37-26(36)16(2)3/h1,7-8,11-12,15-16,18,22H,5-6,9-10,13-14H2,2-3H3,(H,30,31,32,35)/t22-/m0/s1. The summed E-state index contributed by atoms with van der Waals surface area (Å²) in [6, 6.07) is 6.32. The Bertz CT molecular complexity index is 1270. The van der Waals surface area contributed by atoms with Crippen LogP contribution in [0, 0.1) is 24.2 Å². The Morgan fingerprint density at radius 3 is 2.63 bits per heavy atom. The summed E-state index contributed by atoms with van der Waals surface area (Å²) in [6.45, 7) is 1.78. The summed E-state index contributed by atoms with van der Waals surface area (Å²) in [5, 5.41) is 2.76. The second kappa shape index (κ2) is 11.1. The van der Waals surface area contributed by atoms with Gasteiger partial charge in [-0.2, -0.15) is 0 Å². The van der Waals surface area contributed by atoms with Crippen molar-refractivity contribution >= 4 is 23.6 Å². The third kappa shape index (κ3) is 6.43. The number of aromatic nitrogens is 2. The minimum Gasteiger partial charge on any atom is -0.483 e. The third-order valence-electron chi connectivity index (χ3n) is 6.26. The van der Waals surface area contributed by atoms with Gasteiger partial charge in [-0.1, -0.05) is 19.8 Å². The van der Waals surface area contributed by atoms with Gasteiger partial charge < -0.3 is 19.7 Å². The maximum atomic E-state index is 15.0. The average molecular weight is 527 g/mol. The Labute approximate surface area is 218 Å². The summed E-state index contributed by atoms with van der Waals surface area (Å²) >= 11 is 0. The van der Waals surface area contributed by atoms with Crippen LogP contribution in [0.2, 0.25) is 0 Å². The quantitative estimate of drug-likeness (QED) is 0.415. The third-order valence-corrected chi connectivity index (χ3v) is 6.26. The molecule has 1 aromatic carbocycles. The van der Waals surface area contributed by atoms with Crippen molar-refractivity contribution in [1.29, 1.82) is 0 Å². The van der Waals surface area contributed by atoms with E-state index in [-0.39, 0.29) is 36.1 Å². The van der Waals surface area contributed by atoms with Gasteiger partial charge in [0.1, 0.15) is 17.9 Å². The molecule has 0 bridgehead atoms. The minimum absolute atomic E-state index is 0.0120. The number of terminal acetylenes is 1. The van der Waals surface area contributed by atoms with Crippen LogP contribution >= 0.6 is 0 Å². The van der Waals surface area contributed by atoms with Gasteiger partial charge in [-0.3, -0.25) is 14.4 Å². The number of rotatable bonds is 8. The Hall–Kier alpha value is -4.07. The first-order chi connectivity index (χ1) is 18.1. The molecule has 2 aromatic rings. The van der Waals surface area contributed by atoms with E-state index in [1.807, 2.05) is 0 Å². The van der Waals surface area contributed by atoms with Gasteiger partial charge in [-0.05, 0) is 31.0 Å². The lowest BCUT2D eigenvalue weighted by atomic mass is 10.0. The molecule has 1 aromatic heterocycles. The summed E-state index contributed by atoms with van der Waals surface area (Å²) in [7, 11) is 0. The van der Waals surface area contributed by atoms with Gasteiger partial charge in [0.2, 0.25) is 5.91 Å². The molecule has 2 fully saturated rings. The number of anilines is 1. The number of ether oxygens (including phenoxy) is 2. The molecule has 4 rings (SSSR count). The van der Waals surface area contributed by atoms with Crippen LogP contribution in [0.15, 0.2) is 30.6 Å². The average Bonchev–Trinajstić information content (AvgIpc) is 3.74. The van der Waals surface area contributed by atoms with Crippen molar-refractivity contribution in [2.24, 2.45) is 11.8 Å². The van der Waals surface area contributed by atoms with Gasteiger partial charge in [0.15, 0.2) is 12.7 Å². The van der Waals surface area contributed by atoms with Crippen LogP contribution < -0.4 is 10.1 Å². The molecule has 2 heterocycles. The number of piperidine rings is 1. The van der Waals surface area contributed by atoms with Crippen LogP contribution in [0.3, 0.4) is 0 Å². The van der Waals surface area contributed by atoms with E-state index in [1.54, 1.807) is 32.0 Å². The predicted molar refractivity (Wildman–Crippen MR) is 133 cm³/mol. The molecule has 2 aliphatic rings. The number of esters is 1. The molecule has 0 unspecified atom stereocenters. The Balaban J connectivity index is 1.42. The molecule has 1 aliphatic carbocycles. The lowest BCUT2D eigenvalue weighted by molar-refractivity contribution is -0.167. The van der Waals surface area contributed by atoms with Crippen LogP contribution in [0.25, 0.3) is 11.3 Å². The second-order valence-corrected chi connectivity index (χ2v) is 9.64. The second-order valence-electron chi connectivity index (χ2n) is 9.64. The first-order valence-corrected chi connectivity index (χ1v) is 12.3. The zero-order chi connectivity index (χ0) is 27.4. The molecule has 1 atom stereocenters. The summed E-state index contributed by atoms with van der Waals surface area (Å²) in [5.41, 5.74) is 1.33. The Kier molecular flexibility index (Phi) is 7.90. The normalized spacial score (nSPS) is 18.4. The molecule has 1 aliphatic heterocycles. The number of hydrogen-bond donors (Lipinski definition) is 1. The number of alkyl halides is 2. The highest BCUT2D eigenvalue weighted by molar-refractivity contribution is 5.93. The summed E-state index contributed by atoms with van der Waals surface area (Å²) in [5.74, 6) is -2.21. The van der Waals surface area contributed by atoms with Gasteiger partial charge in [0.05, 0.1) is 23.7 Å². The van der Waals surface area contributed by atoms with Gasteiger partial charge >= 0.3 is 11.9 Å². The van der Waals surface area contributed by atoms with E-state index in [4.69, 9.17) is 15.9 Å². The number of hydrogen-bond acceptors (Lipinski definition) is 7. The van der Waals surface area contributed by atoms with E-state index < -0.39 is 43.0 Å². The highest BCUT2D eigenvalue weighted by Crippen LogP contribution is 2.34. The van der Waals surface area contributed by atoms with Crippen LogP contribution in [0.5, 0.6) is 5.75 Å². The first-order valence-electron chi connectivity index (χ1n) is 12.3. The number of amides is 2. The van der Waals surface area contributed by atoms with Crippen LogP contribution in [-0.4, -0.2) is 64.4 Å². The van der Waals surface area contributed by atoms with Crippen LogP contribution in [-0.2, 0) is 19.1 Å². The fourth-order valence-corrected chi connectivity index (χ4v) is 3.88. The van der Waals surface area contributed by atoms with E-state index in [0.717, 1.165) is 17.7 Å². The Morgan fingerprint density at radius 2 is 1.97 bits per heavy atom. The number of nitrogens with one attached hydrogen (secondary N) is 1. The molecule has 2 amide bonds. The van der Waals surface area contributed by atoms with E-state index in [0.29, 0.717) is 17.1 Å². The van der Waals surface area contributed by atoms with Crippen molar-refractivity contribution in [3.63, 3.8) is 0 Å². The van der Waals surface area contributed by atoms with Crippen molar-refractivity contribution in [2.75, 3.05) is 25.0 Å². The fourth-order valence-electron chi connectivity index (χ4n) is 3.88. The van der Waals surface area contributed by atoms with Crippen LogP contribution in [0.4, 0.5) is 14.6 Å². The molecule has 1 saturated heterocycles. The lowest BCUT2D eigenvalue weighted by Crippen LogP contribution is -2.56. The zero-order valence-corrected chi connectivity index (χ0v) is 21.1. The Morgan fingerprint density at radius 1 is 1.21 bits per heavy atom. The maximum absolute atomic E-state index is 15.0. The minimum atomic E-state index is -3.36. The largest absolute Gasteiger partial charge is 0.483 e. The molecular weight excluding hydrogens is 498 g/mol. The maximum Gasteiger partial charge on any atom is 0.308 e. The predicted octanol–water partition coefficient (Wildman–Crippen LogP) is 3.29. The summed E-state index contributed by atoms with van der Waals surface area (Å²) in [6.07, 6.45) is 7.03. The van der Waals surface area contributed by atoms with E-state index >= 15 is 0 Å². The number of benzene rings is 1. The smallest absolute Gasteiger partial charge is 0.308 e. The highest BCUT2D eigenvalue weighted by Gasteiger charge is 2.48. The number of likely N-dealkylation sites (tertiary alicyclic amines) is 1. The molecule has 9 nitrogen and oxygen atoms in total. The topological polar surface area (TPSA) is 111 Å². The SMILES string of the molecule is C#Cc1cc(-c2cc(NC(=O)C3CC3)ncn2)ccc1O[C@H]1CCN(C(=O)COC(=O)C(C)C)CC1(F)F. The van der Waals surface area contributed by atoms with E-state index in [9.17, 15) is 23.2 Å². The number of carbonyl (C=O) groups is 3.